The molecule has 0 aliphatic carbocycles. The number of sulfone groups is 1. The molecule has 2 aliphatic rings. The molecule has 200 valence electrons. The van der Waals surface area contributed by atoms with Gasteiger partial charge in [-0.05, 0) is 56.2 Å². The molecule has 1 aromatic heterocycles. The van der Waals surface area contributed by atoms with Crippen molar-refractivity contribution in [2.45, 2.75) is 44.4 Å². The van der Waals surface area contributed by atoms with Crippen LogP contribution in [0.5, 0.6) is 0 Å². The number of H-pyrrole nitrogens is 1. The number of likely N-dealkylation sites (tertiary alicyclic amines) is 1. The molecule has 3 aromatic rings. The fourth-order valence-electron chi connectivity index (χ4n) is 4.92. The standard InChI is InChI=1S/C27H27FN4O4S.CH4/c1-15-24(30-16(2)25(15)27(34)32-10-9-18(29)13-32)12-21-20-11-19(7-8-23(20)31-26(21)33)37(35,36)14-17-5-3-4-6-22(17)28;/h3-8,11-12,18,30H,9-10,13-14,29H2,1-2H3,(H,31,33);1H4/b21-12-;/t18-;/m1./s1. The summed E-state index contributed by atoms with van der Waals surface area (Å²) in [7, 11) is -3.88. The molecule has 0 saturated carbocycles. The first-order valence-corrected chi connectivity index (χ1v) is 13.6. The van der Waals surface area contributed by atoms with Crippen molar-refractivity contribution in [2.24, 2.45) is 5.73 Å². The molecule has 2 aromatic carbocycles. The van der Waals surface area contributed by atoms with Crippen molar-refractivity contribution in [1.82, 2.24) is 9.88 Å². The monoisotopic (exact) mass is 538 g/mol. The van der Waals surface area contributed by atoms with Crippen LogP contribution >= 0.6 is 0 Å². The largest absolute Gasteiger partial charge is 0.358 e. The maximum absolute atomic E-state index is 14.1. The van der Waals surface area contributed by atoms with Gasteiger partial charge in [-0.25, -0.2) is 12.8 Å². The molecule has 0 radical (unpaired) electrons. The molecule has 1 fully saturated rings. The normalized spacial score (nSPS) is 17.9. The average molecular weight is 539 g/mol. The molecule has 2 amide bonds. The number of benzene rings is 2. The van der Waals surface area contributed by atoms with Gasteiger partial charge in [0.15, 0.2) is 9.84 Å². The lowest BCUT2D eigenvalue weighted by Gasteiger charge is -2.16. The van der Waals surface area contributed by atoms with Gasteiger partial charge in [-0.2, -0.15) is 0 Å². The third-order valence-corrected chi connectivity index (χ3v) is 8.59. The van der Waals surface area contributed by atoms with Crippen molar-refractivity contribution in [3.05, 3.63) is 81.9 Å². The molecule has 1 saturated heterocycles. The second-order valence-corrected chi connectivity index (χ2v) is 11.5. The fraction of sp³-hybridized carbons (Fsp3) is 0.286. The van der Waals surface area contributed by atoms with Crippen molar-refractivity contribution in [3.63, 3.8) is 0 Å². The molecule has 0 bridgehead atoms. The Kier molecular flexibility index (Phi) is 7.31. The van der Waals surface area contributed by atoms with E-state index >= 15 is 0 Å². The van der Waals surface area contributed by atoms with Crippen molar-refractivity contribution < 1.29 is 22.4 Å². The highest BCUT2D eigenvalue weighted by Gasteiger charge is 2.30. The SMILES string of the molecule is C.Cc1[nH]c(/C=C2\C(=O)Nc3ccc(S(=O)(=O)Cc4ccccc4F)cc32)c(C)c1C(=O)N1CC[C@@H](N)C1. The highest BCUT2D eigenvalue weighted by molar-refractivity contribution is 7.90. The van der Waals surface area contributed by atoms with E-state index < -0.39 is 21.4 Å². The summed E-state index contributed by atoms with van der Waals surface area (Å²) in [5, 5.41) is 2.75. The van der Waals surface area contributed by atoms with E-state index in [9.17, 15) is 22.4 Å². The van der Waals surface area contributed by atoms with E-state index in [4.69, 9.17) is 5.73 Å². The molecular weight excluding hydrogens is 507 g/mol. The zero-order valence-electron chi connectivity index (χ0n) is 20.5. The molecule has 0 spiro atoms. The van der Waals surface area contributed by atoms with Crippen molar-refractivity contribution in [3.8, 4) is 0 Å². The summed E-state index contributed by atoms with van der Waals surface area (Å²) < 4.78 is 40.2. The third kappa shape index (κ3) is 4.89. The van der Waals surface area contributed by atoms with Crippen molar-refractivity contribution >= 4 is 39.0 Å². The first-order chi connectivity index (χ1) is 17.5. The van der Waals surface area contributed by atoms with Gasteiger partial charge in [-0.3, -0.25) is 9.59 Å². The Balaban J connectivity index is 0.00000336. The maximum Gasteiger partial charge on any atom is 0.256 e. The Morgan fingerprint density at radius 2 is 1.95 bits per heavy atom. The number of nitrogens with zero attached hydrogens (tertiary/aromatic N) is 1. The van der Waals surface area contributed by atoms with Gasteiger partial charge < -0.3 is 20.9 Å². The number of aryl methyl sites for hydroxylation is 1. The molecule has 38 heavy (non-hydrogen) atoms. The van der Waals surface area contributed by atoms with Gasteiger partial charge in [-0.15, -0.1) is 0 Å². The third-order valence-electron chi connectivity index (χ3n) is 6.93. The second kappa shape index (κ2) is 10.2. The quantitative estimate of drug-likeness (QED) is 0.423. The minimum absolute atomic E-state index is 0. The number of carbonyl (C=O) groups is 2. The summed E-state index contributed by atoms with van der Waals surface area (Å²) >= 11 is 0. The van der Waals surface area contributed by atoms with Crippen LogP contribution in [0.2, 0.25) is 0 Å². The van der Waals surface area contributed by atoms with Crippen molar-refractivity contribution in [1.29, 1.82) is 0 Å². The highest BCUT2D eigenvalue weighted by atomic mass is 32.2. The van der Waals surface area contributed by atoms with Gasteiger partial charge in [0.1, 0.15) is 5.82 Å². The molecular formula is C28H31FN4O4S. The van der Waals surface area contributed by atoms with E-state index in [2.05, 4.69) is 10.3 Å². The van der Waals surface area contributed by atoms with Gasteiger partial charge in [0.05, 0.1) is 21.8 Å². The summed E-state index contributed by atoms with van der Waals surface area (Å²) in [6.45, 7) is 4.70. The van der Waals surface area contributed by atoms with E-state index in [0.29, 0.717) is 46.9 Å². The smallest absolute Gasteiger partial charge is 0.256 e. The van der Waals surface area contributed by atoms with Crippen LogP contribution in [0.1, 0.15) is 52.3 Å². The molecule has 8 nitrogen and oxygen atoms in total. The second-order valence-electron chi connectivity index (χ2n) is 9.53. The van der Waals surface area contributed by atoms with E-state index in [1.165, 1.54) is 36.4 Å². The lowest BCUT2D eigenvalue weighted by atomic mass is 10.0. The van der Waals surface area contributed by atoms with E-state index in [0.717, 1.165) is 6.42 Å². The lowest BCUT2D eigenvalue weighted by Crippen LogP contribution is -2.32. The first-order valence-electron chi connectivity index (χ1n) is 11.9. The topological polar surface area (TPSA) is 125 Å². The number of anilines is 1. The van der Waals surface area contributed by atoms with Crippen LogP contribution < -0.4 is 11.1 Å². The molecule has 3 heterocycles. The lowest BCUT2D eigenvalue weighted by molar-refractivity contribution is -0.110. The number of fused-ring (bicyclic) bond motifs is 1. The first kappa shape index (κ1) is 27.3. The summed E-state index contributed by atoms with van der Waals surface area (Å²) in [6, 6.07) is 10.1. The summed E-state index contributed by atoms with van der Waals surface area (Å²) in [4.78, 5) is 30.9. The number of aromatic nitrogens is 1. The summed E-state index contributed by atoms with van der Waals surface area (Å²) in [5.74, 6) is -1.59. The number of halogens is 1. The number of rotatable bonds is 5. The Morgan fingerprint density at radius 3 is 2.63 bits per heavy atom. The van der Waals surface area contributed by atoms with E-state index in [1.807, 2.05) is 6.92 Å². The van der Waals surface area contributed by atoms with Gasteiger partial charge in [0.2, 0.25) is 0 Å². The van der Waals surface area contributed by atoms with Crippen LogP contribution in [0.25, 0.3) is 11.6 Å². The molecule has 0 unspecified atom stereocenters. The van der Waals surface area contributed by atoms with Crippen LogP contribution in [0.15, 0.2) is 47.4 Å². The van der Waals surface area contributed by atoms with Crippen molar-refractivity contribution in [2.75, 3.05) is 18.4 Å². The number of nitrogens with one attached hydrogen (secondary N) is 2. The molecule has 5 rings (SSSR count). The zero-order chi connectivity index (χ0) is 26.5. The summed E-state index contributed by atoms with van der Waals surface area (Å²) in [5.41, 5.74) is 9.70. The summed E-state index contributed by atoms with van der Waals surface area (Å²) in [6.07, 6.45) is 2.38. The minimum atomic E-state index is -3.88. The minimum Gasteiger partial charge on any atom is -0.358 e. The number of hydrogen-bond acceptors (Lipinski definition) is 5. The number of carbonyl (C=O) groups excluding carboxylic acids is 2. The molecule has 2 aliphatic heterocycles. The Labute approximate surface area is 221 Å². The zero-order valence-corrected chi connectivity index (χ0v) is 21.3. The average Bonchev–Trinajstić information content (AvgIpc) is 3.50. The predicted molar refractivity (Wildman–Crippen MR) is 146 cm³/mol. The Hall–Kier alpha value is -3.76. The number of amides is 2. The van der Waals surface area contributed by atoms with Gasteiger partial charge >= 0.3 is 0 Å². The van der Waals surface area contributed by atoms with Gasteiger partial charge in [-0.1, -0.05) is 25.6 Å². The van der Waals surface area contributed by atoms with E-state index in [-0.39, 0.29) is 41.3 Å². The molecule has 4 N–H and O–H groups in total. The van der Waals surface area contributed by atoms with Gasteiger partial charge in [0, 0.05) is 47.3 Å². The van der Waals surface area contributed by atoms with Crippen LogP contribution in [0.4, 0.5) is 10.1 Å². The number of nitrogens with two attached hydrogens (primary N) is 1. The Morgan fingerprint density at radius 1 is 1.21 bits per heavy atom. The number of hydrogen-bond donors (Lipinski definition) is 3. The molecule has 10 heteroatoms. The van der Waals surface area contributed by atoms with Crippen LogP contribution in [-0.2, 0) is 20.4 Å². The maximum atomic E-state index is 14.1. The number of aromatic amines is 1. The van der Waals surface area contributed by atoms with Crippen LogP contribution in [0, 0.1) is 19.7 Å². The predicted octanol–water partition coefficient (Wildman–Crippen LogP) is 4.05. The van der Waals surface area contributed by atoms with Crippen LogP contribution in [0.3, 0.4) is 0 Å². The van der Waals surface area contributed by atoms with Crippen LogP contribution in [-0.4, -0.2) is 49.2 Å². The van der Waals surface area contributed by atoms with E-state index in [1.54, 1.807) is 24.0 Å². The highest BCUT2D eigenvalue weighted by Crippen LogP contribution is 2.36. The Bertz CT molecular complexity index is 1580. The molecule has 1 atom stereocenters. The van der Waals surface area contributed by atoms with Gasteiger partial charge in [0.25, 0.3) is 11.8 Å². The fourth-order valence-corrected chi connectivity index (χ4v) is 6.30.